The minimum atomic E-state index is 0.286. The van der Waals surface area contributed by atoms with Crippen molar-refractivity contribution in [2.24, 2.45) is 0 Å². The molecule has 0 bridgehead atoms. The monoisotopic (exact) mass is 374 g/mol. The van der Waals surface area contributed by atoms with Crippen molar-refractivity contribution >= 4 is 11.6 Å². The average Bonchev–Trinajstić information content (AvgIpc) is 2.73. The van der Waals surface area contributed by atoms with Crippen LogP contribution in [0.5, 0.6) is 5.75 Å². The van der Waals surface area contributed by atoms with Crippen molar-refractivity contribution in [2.45, 2.75) is 26.3 Å². The predicted octanol–water partition coefficient (Wildman–Crippen LogP) is 1.76. The summed E-state index contributed by atoms with van der Waals surface area (Å²) in [5.74, 6) is 1.18. The lowest BCUT2D eigenvalue weighted by molar-refractivity contribution is -0.134. The number of ether oxygens (including phenoxy) is 1. The van der Waals surface area contributed by atoms with Crippen LogP contribution in [0.1, 0.15) is 20.3 Å². The van der Waals surface area contributed by atoms with E-state index in [1.54, 1.807) is 7.11 Å². The van der Waals surface area contributed by atoms with Gasteiger partial charge in [0.2, 0.25) is 5.91 Å². The third-order valence-corrected chi connectivity index (χ3v) is 6.03. The summed E-state index contributed by atoms with van der Waals surface area (Å²) in [7, 11) is 1.70. The molecule has 1 unspecified atom stereocenters. The van der Waals surface area contributed by atoms with Crippen LogP contribution in [0.15, 0.2) is 24.3 Å². The van der Waals surface area contributed by atoms with Gasteiger partial charge in [-0.1, -0.05) is 13.0 Å². The van der Waals surface area contributed by atoms with E-state index in [9.17, 15) is 4.79 Å². The van der Waals surface area contributed by atoms with E-state index in [2.05, 4.69) is 40.7 Å². The molecule has 2 aliphatic rings. The minimum absolute atomic E-state index is 0.286. The quantitative estimate of drug-likeness (QED) is 0.759. The van der Waals surface area contributed by atoms with E-state index in [4.69, 9.17) is 4.74 Å². The van der Waals surface area contributed by atoms with Crippen molar-refractivity contribution in [1.29, 1.82) is 0 Å². The minimum Gasteiger partial charge on any atom is -0.497 e. The number of piperazine rings is 2. The molecule has 150 valence electrons. The molecular formula is C21H34N4O2. The Morgan fingerprint density at radius 1 is 1.07 bits per heavy atom. The van der Waals surface area contributed by atoms with Gasteiger partial charge in [0, 0.05) is 70.2 Å². The molecule has 1 amide bonds. The summed E-state index contributed by atoms with van der Waals surface area (Å²) < 4.78 is 5.33. The third-order valence-electron chi connectivity index (χ3n) is 6.03. The van der Waals surface area contributed by atoms with E-state index in [-0.39, 0.29) is 5.91 Å². The standard InChI is InChI=1S/C21H34N4O2/c1-4-18(2)23-12-14-25(15-13-23)21(26)17-22-8-10-24(11-9-22)19-6-5-7-20(16-19)27-3/h5-7,16,18H,4,8-15,17H2,1-3H3. The second kappa shape index (κ2) is 9.42. The molecule has 0 saturated carbocycles. The van der Waals surface area contributed by atoms with E-state index < -0.39 is 0 Å². The maximum atomic E-state index is 12.7. The Hall–Kier alpha value is -1.79. The summed E-state index contributed by atoms with van der Waals surface area (Å²) in [5.41, 5.74) is 1.20. The van der Waals surface area contributed by atoms with Crippen LogP contribution >= 0.6 is 0 Å². The molecule has 27 heavy (non-hydrogen) atoms. The zero-order chi connectivity index (χ0) is 19.2. The zero-order valence-corrected chi connectivity index (χ0v) is 17.1. The number of nitrogens with zero attached hydrogens (tertiary/aromatic N) is 4. The smallest absolute Gasteiger partial charge is 0.236 e. The van der Waals surface area contributed by atoms with Gasteiger partial charge >= 0.3 is 0 Å². The molecule has 0 radical (unpaired) electrons. The first-order valence-electron chi connectivity index (χ1n) is 10.2. The molecule has 0 N–H and O–H groups in total. The summed E-state index contributed by atoms with van der Waals surface area (Å²) >= 11 is 0. The lowest BCUT2D eigenvalue weighted by Crippen LogP contribution is -2.55. The van der Waals surface area contributed by atoms with E-state index in [0.29, 0.717) is 12.6 Å². The SMILES string of the molecule is CCC(C)N1CCN(C(=O)CN2CCN(c3cccc(OC)c3)CC2)CC1. The van der Waals surface area contributed by atoms with Gasteiger partial charge in [0.15, 0.2) is 0 Å². The molecule has 3 rings (SSSR count). The van der Waals surface area contributed by atoms with Gasteiger partial charge in [-0.2, -0.15) is 0 Å². The molecule has 1 atom stereocenters. The molecule has 2 heterocycles. The van der Waals surface area contributed by atoms with E-state index >= 15 is 0 Å². The van der Waals surface area contributed by atoms with Crippen LogP contribution in [0.25, 0.3) is 0 Å². The Morgan fingerprint density at radius 2 is 1.78 bits per heavy atom. The number of carbonyl (C=O) groups excluding carboxylic acids is 1. The Labute approximate surface area is 163 Å². The molecule has 0 aromatic heterocycles. The Kier molecular flexibility index (Phi) is 6.96. The summed E-state index contributed by atoms with van der Waals surface area (Å²) in [6, 6.07) is 8.83. The Bertz CT molecular complexity index is 608. The number of anilines is 1. The van der Waals surface area contributed by atoms with Gasteiger partial charge in [-0.3, -0.25) is 14.6 Å². The topological polar surface area (TPSA) is 39.3 Å². The van der Waals surface area contributed by atoms with Crippen LogP contribution in [-0.2, 0) is 4.79 Å². The van der Waals surface area contributed by atoms with Gasteiger partial charge in [-0.25, -0.2) is 0 Å². The van der Waals surface area contributed by atoms with Crippen molar-refractivity contribution in [3.05, 3.63) is 24.3 Å². The fourth-order valence-corrected chi connectivity index (χ4v) is 3.93. The van der Waals surface area contributed by atoms with Crippen LogP contribution in [0.3, 0.4) is 0 Å². The fourth-order valence-electron chi connectivity index (χ4n) is 3.93. The highest BCUT2D eigenvalue weighted by Crippen LogP contribution is 2.22. The van der Waals surface area contributed by atoms with Crippen LogP contribution in [-0.4, -0.2) is 92.7 Å². The van der Waals surface area contributed by atoms with E-state index in [1.165, 1.54) is 12.1 Å². The van der Waals surface area contributed by atoms with E-state index in [1.807, 2.05) is 17.0 Å². The second-order valence-electron chi connectivity index (χ2n) is 7.64. The lowest BCUT2D eigenvalue weighted by Gasteiger charge is -2.40. The first-order valence-corrected chi connectivity index (χ1v) is 10.2. The van der Waals surface area contributed by atoms with Crippen LogP contribution in [0.4, 0.5) is 5.69 Å². The van der Waals surface area contributed by atoms with Gasteiger partial charge in [0.05, 0.1) is 13.7 Å². The first-order chi connectivity index (χ1) is 13.1. The predicted molar refractivity (Wildman–Crippen MR) is 110 cm³/mol. The highest BCUT2D eigenvalue weighted by molar-refractivity contribution is 5.78. The second-order valence-corrected chi connectivity index (χ2v) is 7.64. The van der Waals surface area contributed by atoms with Gasteiger partial charge in [0.25, 0.3) is 0 Å². The van der Waals surface area contributed by atoms with Crippen molar-refractivity contribution in [1.82, 2.24) is 14.7 Å². The van der Waals surface area contributed by atoms with Crippen molar-refractivity contribution in [2.75, 3.05) is 70.9 Å². The first kappa shape index (κ1) is 20.0. The molecule has 0 spiro atoms. The Balaban J connectivity index is 1.43. The summed E-state index contributed by atoms with van der Waals surface area (Å²) in [6.45, 7) is 12.5. The van der Waals surface area contributed by atoms with Crippen LogP contribution < -0.4 is 9.64 Å². The number of rotatable bonds is 6. The number of hydrogen-bond acceptors (Lipinski definition) is 5. The maximum Gasteiger partial charge on any atom is 0.236 e. The normalized spacial score (nSPS) is 20.6. The number of hydrogen-bond donors (Lipinski definition) is 0. The molecule has 6 heteroatoms. The number of amides is 1. The molecule has 2 aliphatic heterocycles. The number of carbonyl (C=O) groups is 1. The summed E-state index contributed by atoms with van der Waals surface area (Å²) in [5, 5.41) is 0. The van der Waals surface area contributed by atoms with Crippen molar-refractivity contribution in [3.63, 3.8) is 0 Å². The molecule has 1 aromatic carbocycles. The molecule has 6 nitrogen and oxygen atoms in total. The molecular weight excluding hydrogens is 340 g/mol. The highest BCUT2D eigenvalue weighted by atomic mass is 16.5. The summed E-state index contributed by atoms with van der Waals surface area (Å²) in [6.07, 6.45) is 1.17. The summed E-state index contributed by atoms with van der Waals surface area (Å²) in [4.78, 5) is 21.9. The largest absolute Gasteiger partial charge is 0.497 e. The van der Waals surface area contributed by atoms with Crippen molar-refractivity contribution in [3.8, 4) is 5.75 Å². The van der Waals surface area contributed by atoms with Gasteiger partial charge in [0.1, 0.15) is 5.75 Å². The highest BCUT2D eigenvalue weighted by Gasteiger charge is 2.26. The number of benzene rings is 1. The molecule has 2 fully saturated rings. The van der Waals surface area contributed by atoms with Crippen molar-refractivity contribution < 1.29 is 9.53 Å². The molecule has 2 saturated heterocycles. The fraction of sp³-hybridized carbons (Fsp3) is 0.667. The van der Waals surface area contributed by atoms with Gasteiger partial charge in [-0.15, -0.1) is 0 Å². The lowest BCUT2D eigenvalue weighted by atomic mass is 10.2. The van der Waals surface area contributed by atoms with Crippen LogP contribution in [0, 0.1) is 0 Å². The zero-order valence-electron chi connectivity index (χ0n) is 17.1. The van der Waals surface area contributed by atoms with Gasteiger partial charge < -0.3 is 14.5 Å². The Morgan fingerprint density at radius 3 is 2.41 bits per heavy atom. The third kappa shape index (κ3) is 5.14. The van der Waals surface area contributed by atoms with Crippen LogP contribution in [0.2, 0.25) is 0 Å². The molecule has 1 aromatic rings. The number of methoxy groups -OCH3 is 1. The van der Waals surface area contributed by atoms with E-state index in [0.717, 1.165) is 58.1 Å². The average molecular weight is 375 g/mol. The molecule has 0 aliphatic carbocycles. The van der Waals surface area contributed by atoms with Gasteiger partial charge in [-0.05, 0) is 25.5 Å². The maximum absolute atomic E-state index is 12.7.